The Hall–Kier alpha value is -1.91. The van der Waals surface area contributed by atoms with Crippen molar-refractivity contribution in [2.75, 3.05) is 5.32 Å². The summed E-state index contributed by atoms with van der Waals surface area (Å²) in [4.78, 5) is 13.0. The molecule has 1 N–H and O–H groups in total. The van der Waals surface area contributed by atoms with Crippen LogP contribution in [-0.4, -0.2) is 15.0 Å². The summed E-state index contributed by atoms with van der Waals surface area (Å²) in [7, 11) is 0. The van der Waals surface area contributed by atoms with Crippen molar-refractivity contribution in [1.29, 1.82) is 0 Å². The van der Waals surface area contributed by atoms with Gasteiger partial charge in [0.25, 0.3) is 0 Å². The predicted octanol–water partition coefficient (Wildman–Crippen LogP) is 2.65. The molecule has 2 heterocycles. The van der Waals surface area contributed by atoms with Gasteiger partial charge in [0.1, 0.15) is 17.9 Å². The van der Waals surface area contributed by atoms with E-state index in [2.05, 4.69) is 20.3 Å². The molecule has 0 amide bonds. The molecule has 100 valence electrons. The Morgan fingerprint density at radius 3 is 2.89 bits per heavy atom. The number of oxazole rings is 1. The summed E-state index contributed by atoms with van der Waals surface area (Å²) in [6.07, 6.45) is 9.21. The Balaban J connectivity index is 1.77. The summed E-state index contributed by atoms with van der Waals surface area (Å²) in [6, 6.07) is 0. The zero-order valence-electron chi connectivity index (χ0n) is 11.1. The molecule has 0 spiro atoms. The minimum Gasteiger partial charge on any atom is -0.444 e. The number of anilines is 1. The van der Waals surface area contributed by atoms with Crippen LogP contribution in [0, 0.1) is 6.92 Å². The summed E-state index contributed by atoms with van der Waals surface area (Å²) in [6.45, 7) is 2.46. The first kappa shape index (κ1) is 12.1. The number of nitrogens with zero attached hydrogens (tertiary/aromatic N) is 3. The van der Waals surface area contributed by atoms with Crippen molar-refractivity contribution in [1.82, 2.24) is 15.0 Å². The fraction of sp³-hybridized carbons (Fsp3) is 0.500. The Morgan fingerprint density at radius 2 is 2.05 bits per heavy atom. The smallest absolute Gasteiger partial charge is 0.213 e. The zero-order chi connectivity index (χ0) is 13.1. The molecule has 5 nitrogen and oxygen atoms in total. The molecule has 0 aliphatic heterocycles. The third-order valence-electron chi connectivity index (χ3n) is 3.45. The van der Waals surface area contributed by atoms with Gasteiger partial charge in [0.2, 0.25) is 5.89 Å². The molecule has 0 atom stereocenters. The monoisotopic (exact) mass is 258 g/mol. The number of aromatic nitrogens is 3. The minimum absolute atomic E-state index is 0.567. The molecule has 5 heteroatoms. The molecule has 19 heavy (non-hydrogen) atoms. The first-order valence-corrected chi connectivity index (χ1v) is 6.81. The van der Waals surface area contributed by atoms with Crippen LogP contribution in [0.2, 0.25) is 0 Å². The van der Waals surface area contributed by atoms with Crippen LogP contribution in [0.15, 0.2) is 16.9 Å². The maximum atomic E-state index is 5.46. The normalized spacial score (nSPS) is 14.8. The van der Waals surface area contributed by atoms with Gasteiger partial charge in [0.15, 0.2) is 0 Å². The Labute approximate surface area is 112 Å². The summed E-state index contributed by atoms with van der Waals surface area (Å²) < 4.78 is 5.46. The van der Waals surface area contributed by atoms with Crippen LogP contribution >= 0.6 is 0 Å². The molecule has 2 aromatic heterocycles. The maximum Gasteiger partial charge on any atom is 0.213 e. The fourth-order valence-corrected chi connectivity index (χ4v) is 2.49. The van der Waals surface area contributed by atoms with Crippen molar-refractivity contribution < 1.29 is 4.42 Å². The van der Waals surface area contributed by atoms with E-state index in [1.807, 2.05) is 6.92 Å². The first-order chi connectivity index (χ1) is 9.33. The minimum atomic E-state index is 0.567. The molecule has 0 radical (unpaired) electrons. The van der Waals surface area contributed by atoms with Gasteiger partial charge in [0.05, 0.1) is 12.7 Å². The zero-order valence-corrected chi connectivity index (χ0v) is 11.1. The largest absolute Gasteiger partial charge is 0.444 e. The van der Waals surface area contributed by atoms with Gasteiger partial charge in [-0.3, -0.25) is 0 Å². The number of fused-ring (bicyclic) bond motifs is 1. The third-order valence-corrected chi connectivity index (χ3v) is 3.45. The van der Waals surface area contributed by atoms with Crippen molar-refractivity contribution in [3.8, 4) is 0 Å². The van der Waals surface area contributed by atoms with E-state index in [1.54, 1.807) is 12.5 Å². The van der Waals surface area contributed by atoms with Gasteiger partial charge < -0.3 is 9.73 Å². The van der Waals surface area contributed by atoms with Crippen molar-refractivity contribution in [3.63, 3.8) is 0 Å². The molecule has 0 saturated carbocycles. The van der Waals surface area contributed by atoms with Gasteiger partial charge >= 0.3 is 0 Å². The summed E-state index contributed by atoms with van der Waals surface area (Å²) in [5.74, 6) is 2.46. The highest BCUT2D eigenvalue weighted by molar-refractivity contribution is 5.46. The number of aryl methyl sites for hydroxylation is 2. The SMILES string of the molecule is Cc1cnc(CNc2ncnc3c2CCCCC3)o1. The Kier molecular flexibility index (Phi) is 3.44. The van der Waals surface area contributed by atoms with E-state index in [0.29, 0.717) is 12.4 Å². The molecule has 0 saturated heterocycles. The lowest BCUT2D eigenvalue weighted by Crippen LogP contribution is -2.08. The molecule has 1 aliphatic carbocycles. The lowest BCUT2D eigenvalue weighted by atomic mass is 10.1. The Bertz CT molecular complexity index is 564. The van der Waals surface area contributed by atoms with Crippen LogP contribution in [0.1, 0.15) is 42.2 Å². The van der Waals surface area contributed by atoms with Crippen LogP contribution < -0.4 is 5.32 Å². The number of nitrogens with one attached hydrogen (secondary N) is 1. The van der Waals surface area contributed by atoms with Gasteiger partial charge in [-0.05, 0) is 32.6 Å². The first-order valence-electron chi connectivity index (χ1n) is 6.81. The average Bonchev–Trinajstić information content (AvgIpc) is 2.69. The number of hydrogen-bond donors (Lipinski definition) is 1. The van der Waals surface area contributed by atoms with Gasteiger partial charge in [-0.25, -0.2) is 15.0 Å². The van der Waals surface area contributed by atoms with Crippen LogP contribution in [0.25, 0.3) is 0 Å². The molecule has 0 unspecified atom stereocenters. The van der Waals surface area contributed by atoms with Crippen molar-refractivity contribution in [2.45, 2.75) is 45.6 Å². The molecule has 0 aromatic carbocycles. The van der Waals surface area contributed by atoms with Gasteiger partial charge in [-0.15, -0.1) is 0 Å². The molecular weight excluding hydrogens is 240 g/mol. The molecule has 0 fully saturated rings. The van der Waals surface area contributed by atoms with Gasteiger partial charge in [0, 0.05) is 11.3 Å². The van der Waals surface area contributed by atoms with E-state index in [1.165, 1.54) is 30.5 Å². The van der Waals surface area contributed by atoms with Crippen molar-refractivity contribution in [2.24, 2.45) is 0 Å². The topological polar surface area (TPSA) is 63.8 Å². The summed E-state index contributed by atoms with van der Waals surface area (Å²) in [5, 5.41) is 3.32. The second kappa shape index (κ2) is 5.38. The van der Waals surface area contributed by atoms with Crippen LogP contribution in [0.4, 0.5) is 5.82 Å². The van der Waals surface area contributed by atoms with Crippen LogP contribution in [0.5, 0.6) is 0 Å². The Morgan fingerprint density at radius 1 is 1.16 bits per heavy atom. The van der Waals surface area contributed by atoms with E-state index >= 15 is 0 Å². The van der Waals surface area contributed by atoms with E-state index in [4.69, 9.17) is 4.42 Å². The predicted molar refractivity (Wildman–Crippen MR) is 71.9 cm³/mol. The van der Waals surface area contributed by atoms with Crippen LogP contribution in [-0.2, 0) is 19.4 Å². The maximum absolute atomic E-state index is 5.46. The second-order valence-corrected chi connectivity index (χ2v) is 4.93. The fourth-order valence-electron chi connectivity index (χ4n) is 2.49. The van der Waals surface area contributed by atoms with E-state index in [-0.39, 0.29) is 0 Å². The second-order valence-electron chi connectivity index (χ2n) is 4.93. The van der Waals surface area contributed by atoms with Crippen molar-refractivity contribution >= 4 is 5.82 Å². The molecule has 0 bridgehead atoms. The van der Waals surface area contributed by atoms with E-state index in [9.17, 15) is 0 Å². The average molecular weight is 258 g/mol. The molecule has 3 rings (SSSR count). The standard InChI is InChI=1S/C14H18N4O/c1-10-7-15-13(19-10)8-16-14-11-5-3-2-4-6-12(11)17-9-18-14/h7,9H,2-6,8H2,1H3,(H,16,17,18). The molecular formula is C14H18N4O. The highest BCUT2D eigenvalue weighted by Gasteiger charge is 2.14. The summed E-state index contributed by atoms with van der Waals surface area (Å²) in [5.41, 5.74) is 2.46. The van der Waals surface area contributed by atoms with Gasteiger partial charge in [-0.1, -0.05) is 6.42 Å². The van der Waals surface area contributed by atoms with Gasteiger partial charge in [-0.2, -0.15) is 0 Å². The highest BCUT2D eigenvalue weighted by Crippen LogP contribution is 2.24. The quantitative estimate of drug-likeness (QED) is 0.857. The number of hydrogen-bond acceptors (Lipinski definition) is 5. The molecule has 1 aliphatic rings. The van der Waals surface area contributed by atoms with E-state index in [0.717, 1.165) is 24.4 Å². The highest BCUT2D eigenvalue weighted by atomic mass is 16.4. The third kappa shape index (κ3) is 2.75. The summed E-state index contributed by atoms with van der Waals surface area (Å²) >= 11 is 0. The van der Waals surface area contributed by atoms with Crippen molar-refractivity contribution in [3.05, 3.63) is 35.4 Å². The van der Waals surface area contributed by atoms with E-state index < -0.39 is 0 Å². The van der Waals surface area contributed by atoms with Crippen LogP contribution in [0.3, 0.4) is 0 Å². The number of rotatable bonds is 3. The molecule has 2 aromatic rings. The lowest BCUT2D eigenvalue weighted by Gasteiger charge is -2.11. The lowest BCUT2D eigenvalue weighted by molar-refractivity contribution is 0.478.